The molecule has 3 heterocycles. The molecular weight excluding hydrogens is 496 g/mol. The second kappa shape index (κ2) is 8.94. The first kappa shape index (κ1) is 22.7. The zero-order valence-corrected chi connectivity index (χ0v) is 20.8. The third kappa shape index (κ3) is 4.36. The summed E-state index contributed by atoms with van der Waals surface area (Å²) < 4.78 is 40.5. The fourth-order valence-corrected chi connectivity index (χ4v) is 5.84. The molecule has 4 aromatic rings. The number of sulfonamides is 1. The second-order valence-electron chi connectivity index (χ2n) is 7.82. The lowest BCUT2D eigenvalue weighted by molar-refractivity contribution is 0.293. The summed E-state index contributed by atoms with van der Waals surface area (Å²) in [6.07, 6.45) is 0. The van der Waals surface area contributed by atoms with Gasteiger partial charge in [-0.1, -0.05) is 23.7 Å². The van der Waals surface area contributed by atoms with Gasteiger partial charge in [-0.3, -0.25) is 4.72 Å². The summed E-state index contributed by atoms with van der Waals surface area (Å²) in [6.45, 7) is 3.27. The van der Waals surface area contributed by atoms with E-state index in [1.54, 1.807) is 19.1 Å². The van der Waals surface area contributed by atoms with Crippen molar-refractivity contribution in [1.29, 1.82) is 0 Å². The summed E-state index contributed by atoms with van der Waals surface area (Å²) >= 11 is 7.50. The van der Waals surface area contributed by atoms with Crippen LogP contribution in [0, 0.1) is 6.92 Å². The van der Waals surface area contributed by atoms with Crippen molar-refractivity contribution < 1.29 is 17.9 Å². The van der Waals surface area contributed by atoms with Gasteiger partial charge in [0.05, 0.1) is 17.1 Å². The second-order valence-corrected chi connectivity index (χ2v) is 10.8. The number of rotatable bonds is 6. The average molecular weight is 517 g/mol. The molecule has 2 aromatic heterocycles. The standard InChI is InChI=1S/C23H21ClN4O4S2/c1-14-16(24)4-3-5-20(14)34(29,30)27-21-22(25-17-8-11-33-23(17)26-21)32-13-15-6-7-19-18(12-15)28(2)9-10-31-19/h3-8,11-12H,9-10,13H2,1-2H3,(H,26,27). The molecule has 2 aromatic carbocycles. The summed E-state index contributed by atoms with van der Waals surface area (Å²) in [7, 11) is -1.97. The zero-order chi connectivity index (χ0) is 23.9. The van der Waals surface area contributed by atoms with Crippen LogP contribution in [0.25, 0.3) is 10.3 Å². The molecular formula is C23H21ClN4O4S2. The monoisotopic (exact) mass is 516 g/mol. The van der Waals surface area contributed by atoms with Crippen molar-refractivity contribution in [1.82, 2.24) is 9.97 Å². The number of benzene rings is 2. The Morgan fingerprint density at radius 1 is 1.24 bits per heavy atom. The van der Waals surface area contributed by atoms with Gasteiger partial charge in [-0.2, -0.15) is 0 Å². The Balaban J connectivity index is 1.46. The van der Waals surface area contributed by atoms with Crippen LogP contribution in [0.1, 0.15) is 11.1 Å². The van der Waals surface area contributed by atoms with Gasteiger partial charge in [-0.05, 0) is 53.8 Å². The molecule has 0 saturated carbocycles. The van der Waals surface area contributed by atoms with E-state index in [-0.39, 0.29) is 23.2 Å². The number of aromatic nitrogens is 2. The van der Waals surface area contributed by atoms with Crippen LogP contribution in [0.5, 0.6) is 11.6 Å². The maximum absolute atomic E-state index is 13.2. The van der Waals surface area contributed by atoms with E-state index in [0.717, 1.165) is 23.5 Å². The van der Waals surface area contributed by atoms with Crippen LogP contribution >= 0.6 is 22.9 Å². The van der Waals surface area contributed by atoms with Gasteiger partial charge in [-0.15, -0.1) is 11.3 Å². The van der Waals surface area contributed by atoms with E-state index in [9.17, 15) is 8.42 Å². The van der Waals surface area contributed by atoms with Crippen molar-refractivity contribution in [2.75, 3.05) is 29.8 Å². The van der Waals surface area contributed by atoms with E-state index in [1.165, 1.54) is 17.4 Å². The molecule has 0 radical (unpaired) electrons. The number of thiophene rings is 1. The quantitative estimate of drug-likeness (QED) is 0.391. The molecule has 0 aliphatic carbocycles. The summed E-state index contributed by atoms with van der Waals surface area (Å²) in [5.41, 5.74) is 2.94. The molecule has 0 bridgehead atoms. The van der Waals surface area contributed by atoms with Crippen molar-refractivity contribution in [3.8, 4) is 11.6 Å². The van der Waals surface area contributed by atoms with Crippen LogP contribution in [0.3, 0.4) is 0 Å². The molecule has 0 spiro atoms. The van der Waals surface area contributed by atoms with Crippen molar-refractivity contribution in [3.63, 3.8) is 0 Å². The first-order chi connectivity index (χ1) is 16.3. The van der Waals surface area contributed by atoms with Crippen molar-refractivity contribution in [3.05, 3.63) is 64.0 Å². The number of hydrogen-bond donors (Lipinski definition) is 1. The fraction of sp³-hybridized carbons (Fsp3) is 0.217. The third-order valence-electron chi connectivity index (χ3n) is 5.50. The Morgan fingerprint density at radius 2 is 2.09 bits per heavy atom. The summed E-state index contributed by atoms with van der Waals surface area (Å²) in [4.78, 5) is 11.8. The number of fused-ring (bicyclic) bond motifs is 2. The maximum atomic E-state index is 13.2. The molecule has 1 aliphatic rings. The lowest BCUT2D eigenvalue weighted by atomic mass is 10.1. The van der Waals surface area contributed by atoms with Gasteiger partial charge in [0.1, 0.15) is 29.3 Å². The lowest BCUT2D eigenvalue weighted by Crippen LogP contribution is -2.28. The van der Waals surface area contributed by atoms with E-state index in [1.807, 2.05) is 36.7 Å². The zero-order valence-electron chi connectivity index (χ0n) is 18.4. The first-order valence-corrected chi connectivity index (χ1v) is 13.2. The summed E-state index contributed by atoms with van der Waals surface area (Å²) in [5.74, 6) is 0.937. The van der Waals surface area contributed by atoms with Crippen LogP contribution in [-0.4, -0.2) is 38.6 Å². The van der Waals surface area contributed by atoms with Gasteiger partial charge >= 0.3 is 0 Å². The molecule has 1 N–H and O–H groups in total. The average Bonchev–Trinajstić information content (AvgIpc) is 3.26. The SMILES string of the molecule is Cc1c(Cl)cccc1S(=O)(=O)Nc1nc2sccc2nc1OCc1ccc2c(c1)N(C)CCO2. The Morgan fingerprint density at radius 3 is 2.94 bits per heavy atom. The molecule has 0 amide bonds. The molecule has 34 heavy (non-hydrogen) atoms. The molecule has 11 heteroatoms. The van der Waals surface area contributed by atoms with E-state index < -0.39 is 10.0 Å². The molecule has 176 valence electrons. The van der Waals surface area contributed by atoms with E-state index in [4.69, 9.17) is 21.1 Å². The van der Waals surface area contributed by atoms with Crippen LogP contribution < -0.4 is 19.1 Å². The minimum absolute atomic E-state index is 0.0211. The predicted molar refractivity (Wildman–Crippen MR) is 134 cm³/mol. The smallest absolute Gasteiger partial charge is 0.263 e. The Labute approximate surface area is 206 Å². The largest absolute Gasteiger partial charge is 0.490 e. The minimum atomic E-state index is -3.98. The number of nitrogens with zero attached hydrogens (tertiary/aromatic N) is 3. The van der Waals surface area contributed by atoms with Crippen LogP contribution in [0.2, 0.25) is 5.02 Å². The number of nitrogens with one attached hydrogen (secondary N) is 1. The van der Waals surface area contributed by atoms with E-state index in [2.05, 4.69) is 19.6 Å². The molecule has 8 nitrogen and oxygen atoms in total. The van der Waals surface area contributed by atoms with Gasteiger partial charge < -0.3 is 14.4 Å². The normalized spacial score (nSPS) is 13.4. The molecule has 0 saturated heterocycles. The Hall–Kier alpha value is -3.08. The predicted octanol–water partition coefficient (Wildman–Crippen LogP) is 4.86. The summed E-state index contributed by atoms with van der Waals surface area (Å²) in [5, 5.41) is 2.20. The third-order valence-corrected chi connectivity index (χ3v) is 8.18. The number of anilines is 2. The van der Waals surface area contributed by atoms with E-state index in [0.29, 0.717) is 27.5 Å². The van der Waals surface area contributed by atoms with Crippen molar-refractivity contribution >= 4 is 54.8 Å². The number of likely N-dealkylation sites (N-methyl/N-ethyl adjacent to an activating group) is 1. The number of ether oxygens (including phenoxy) is 2. The molecule has 0 atom stereocenters. The van der Waals surface area contributed by atoms with Crippen molar-refractivity contribution in [2.45, 2.75) is 18.4 Å². The number of halogens is 1. The van der Waals surface area contributed by atoms with Crippen molar-refractivity contribution in [2.24, 2.45) is 0 Å². The highest BCUT2D eigenvalue weighted by Crippen LogP contribution is 2.33. The topological polar surface area (TPSA) is 93.7 Å². The maximum Gasteiger partial charge on any atom is 0.263 e. The van der Waals surface area contributed by atoms with Crippen LogP contribution in [0.4, 0.5) is 11.5 Å². The molecule has 1 aliphatic heterocycles. The van der Waals surface area contributed by atoms with Gasteiger partial charge in [0.25, 0.3) is 15.9 Å². The van der Waals surface area contributed by atoms with Crippen LogP contribution in [0.15, 0.2) is 52.7 Å². The fourth-order valence-electron chi connectivity index (χ4n) is 3.64. The lowest BCUT2D eigenvalue weighted by Gasteiger charge is -2.28. The van der Waals surface area contributed by atoms with E-state index >= 15 is 0 Å². The summed E-state index contributed by atoms with van der Waals surface area (Å²) in [6, 6.07) is 12.3. The Bertz CT molecular complexity index is 1490. The number of hydrogen-bond acceptors (Lipinski definition) is 8. The first-order valence-electron chi connectivity index (χ1n) is 10.4. The van der Waals surface area contributed by atoms with Gasteiger partial charge in [-0.25, -0.2) is 18.4 Å². The Kier molecular flexibility index (Phi) is 5.97. The highest BCUT2D eigenvalue weighted by atomic mass is 35.5. The highest BCUT2D eigenvalue weighted by Gasteiger charge is 2.23. The van der Waals surface area contributed by atoms with Crippen LogP contribution in [-0.2, 0) is 16.6 Å². The minimum Gasteiger partial charge on any atom is -0.490 e. The molecule has 0 fully saturated rings. The van der Waals surface area contributed by atoms with Gasteiger partial charge in [0, 0.05) is 12.1 Å². The van der Waals surface area contributed by atoms with Gasteiger partial charge in [0.2, 0.25) is 5.82 Å². The molecule has 0 unspecified atom stereocenters. The van der Waals surface area contributed by atoms with Gasteiger partial charge in [0.15, 0.2) is 0 Å². The molecule has 5 rings (SSSR count). The highest BCUT2D eigenvalue weighted by molar-refractivity contribution is 7.92.